The van der Waals surface area contributed by atoms with Crippen molar-refractivity contribution in [1.82, 2.24) is 28.6 Å². The van der Waals surface area contributed by atoms with E-state index in [0.29, 0.717) is 17.3 Å². The molecule has 0 spiro atoms. The van der Waals surface area contributed by atoms with Crippen molar-refractivity contribution in [1.29, 1.82) is 0 Å². The Morgan fingerprint density at radius 3 is 2.55 bits per heavy atom. The Kier molecular flexibility index (Phi) is 6.13. The van der Waals surface area contributed by atoms with E-state index in [0.717, 1.165) is 42.1 Å². The maximum Gasteiger partial charge on any atom is 0.242 e. The molecule has 3 aromatic rings. The van der Waals surface area contributed by atoms with Crippen molar-refractivity contribution in [3.8, 4) is 0 Å². The molecule has 2 fully saturated rings. The highest BCUT2D eigenvalue weighted by atomic mass is 32.2. The van der Waals surface area contributed by atoms with Gasteiger partial charge in [0.1, 0.15) is 5.82 Å². The Morgan fingerprint density at radius 1 is 1.12 bits per heavy atom. The Hall–Kier alpha value is -2.11. The minimum atomic E-state index is -3.50. The van der Waals surface area contributed by atoms with Crippen LogP contribution in [-0.2, 0) is 22.3 Å². The van der Waals surface area contributed by atoms with Crippen molar-refractivity contribution in [3.05, 3.63) is 24.0 Å². The van der Waals surface area contributed by atoms with Gasteiger partial charge in [-0.05, 0) is 57.2 Å². The summed E-state index contributed by atoms with van der Waals surface area (Å²) < 4.78 is 30.8. The summed E-state index contributed by atoms with van der Waals surface area (Å²) in [6.07, 6.45) is 6.09. The van der Waals surface area contributed by atoms with Crippen LogP contribution >= 0.6 is 11.8 Å². The number of hydrogen-bond acceptors (Lipinski definition) is 7. The number of nitrogens with zero attached hydrogens (tertiary/aromatic N) is 7. The summed E-state index contributed by atoms with van der Waals surface area (Å²) in [5, 5.41) is 10.1. The Labute approximate surface area is 199 Å². The first-order chi connectivity index (χ1) is 15.9. The number of fused-ring (bicyclic) bond motifs is 1. The highest BCUT2D eigenvalue weighted by Crippen LogP contribution is 2.42. The second-order valence-electron chi connectivity index (χ2n) is 8.93. The van der Waals surface area contributed by atoms with Gasteiger partial charge in [0, 0.05) is 39.8 Å². The Bertz CT molecular complexity index is 1260. The second-order valence-corrected chi connectivity index (χ2v) is 12.0. The molecule has 33 heavy (non-hydrogen) atoms. The second kappa shape index (κ2) is 8.92. The molecule has 11 heteroatoms. The molecule has 0 amide bonds. The lowest BCUT2D eigenvalue weighted by Gasteiger charge is -2.27. The molecule has 0 unspecified atom stereocenters. The smallest absolute Gasteiger partial charge is 0.242 e. The van der Waals surface area contributed by atoms with E-state index in [-0.39, 0.29) is 4.90 Å². The van der Waals surface area contributed by atoms with Crippen LogP contribution in [0.1, 0.15) is 50.9 Å². The number of thioether (sulfide) groups is 1. The van der Waals surface area contributed by atoms with E-state index in [9.17, 15) is 8.42 Å². The van der Waals surface area contributed by atoms with Gasteiger partial charge in [-0.25, -0.2) is 17.7 Å². The van der Waals surface area contributed by atoms with Crippen molar-refractivity contribution in [2.24, 2.45) is 0 Å². The molecule has 9 nitrogen and oxygen atoms in total. The van der Waals surface area contributed by atoms with E-state index < -0.39 is 10.0 Å². The van der Waals surface area contributed by atoms with E-state index in [4.69, 9.17) is 4.98 Å². The van der Waals surface area contributed by atoms with E-state index in [1.165, 1.54) is 36.4 Å². The lowest BCUT2D eigenvalue weighted by molar-refractivity contribution is 0.521. The van der Waals surface area contributed by atoms with Crippen LogP contribution in [0.3, 0.4) is 0 Å². The zero-order valence-corrected chi connectivity index (χ0v) is 21.1. The number of hydrogen-bond donors (Lipinski definition) is 0. The zero-order valence-electron chi connectivity index (χ0n) is 19.4. The van der Waals surface area contributed by atoms with Crippen molar-refractivity contribution in [3.63, 3.8) is 0 Å². The molecule has 5 rings (SSSR count). The summed E-state index contributed by atoms with van der Waals surface area (Å²) in [5.41, 5.74) is 1.65. The number of imidazole rings is 1. The fourth-order valence-electron chi connectivity index (χ4n) is 4.45. The minimum absolute atomic E-state index is 0.264. The first-order valence-electron chi connectivity index (χ1n) is 11.6. The summed E-state index contributed by atoms with van der Waals surface area (Å²) in [7, 11) is -0.413. The maximum atomic E-state index is 12.6. The molecule has 0 radical (unpaired) electrons. The summed E-state index contributed by atoms with van der Waals surface area (Å²) in [4.78, 5) is 7.46. The van der Waals surface area contributed by atoms with Crippen molar-refractivity contribution in [2.75, 3.05) is 32.1 Å². The largest absolute Gasteiger partial charge is 0.341 e. The van der Waals surface area contributed by atoms with Crippen molar-refractivity contribution >= 4 is 38.8 Å². The predicted molar refractivity (Wildman–Crippen MR) is 130 cm³/mol. The van der Waals surface area contributed by atoms with Gasteiger partial charge in [-0.3, -0.25) is 4.57 Å². The quantitative estimate of drug-likeness (QED) is 0.447. The van der Waals surface area contributed by atoms with Gasteiger partial charge in [0.2, 0.25) is 16.0 Å². The molecule has 2 aliphatic rings. The van der Waals surface area contributed by atoms with Crippen molar-refractivity contribution in [2.45, 2.75) is 67.4 Å². The lowest BCUT2D eigenvalue weighted by atomic mass is 10.1. The van der Waals surface area contributed by atoms with Crippen LogP contribution in [0.4, 0.5) is 5.95 Å². The summed E-state index contributed by atoms with van der Waals surface area (Å²) in [5.74, 6) is 2.59. The summed E-state index contributed by atoms with van der Waals surface area (Å²) in [6.45, 7) is 4.96. The molecule has 1 saturated heterocycles. The molecule has 1 aromatic carbocycles. The highest BCUT2D eigenvalue weighted by Gasteiger charge is 2.32. The third-order valence-corrected chi connectivity index (χ3v) is 9.17. The number of rotatable bonds is 8. The first kappa shape index (κ1) is 22.7. The van der Waals surface area contributed by atoms with Crippen LogP contribution in [0.15, 0.2) is 28.3 Å². The van der Waals surface area contributed by atoms with Gasteiger partial charge in [-0.15, -0.1) is 10.2 Å². The van der Waals surface area contributed by atoms with Crippen LogP contribution in [0.25, 0.3) is 11.0 Å². The number of anilines is 1. The average Bonchev–Trinajstić information content (AvgIpc) is 3.46. The van der Waals surface area contributed by atoms with Crippen LogP contribution in [0.2, 0.25) is 0 Å². The maximum absolute atomic E-state index is 12.6. The van der Waals surface area contributed by atoms with Gasteiger partial charge in [0.15, 0.2) is 5.16 Å². The number of piperidine rings is 1. The molecule has 0 bridgehead atoms. The predicted octanol–water partition coefficient (Wildman–Crippen LogP) is 3.52. The van der Waals surface area contributed by atoms with Crippen LogP contribution in [0.5, 0.6) is 0 Å². The number of sulfonamides is 1. The monoisotopic (exact) mass is 489 g/mol. The molecular formula is C22H31N7O2S2. The fourth-order valence-corrected chi connectivity index (χ4v) is 6.32. The fraction of sp³-hybridized carbons (Fsp3) is 0.591. The lowest BCUT2D eigenvalue weighted by Crippen LogP contribution is -2.31. The molecule has 3 heterocycles. The molecule has 0 N–H and O–H groups in total. The Morgan fingerprint density at radius 2 is 1.88 bits per heavy atom. The van der Waals surface area contributed by atoms with E-state index in [1.54, 1.807) is 38.0 Å². The number of benzene rings is 1. The topological polar surface area (TPSA) is 89.1 Å². The summed E-state index contributed by atoms with van der Waals surface area (Å²) >= 11 is 1.67. The van der Waals surface area contributed by atoms with Crippen molar-refractivity contribution < 1.29 is 8.42 Å². The van der Waals surface area contributed by atoms with Gasteiger partial charge in [0.05, 0.1) is 21.7 Å². The number of aromatic nitrogens is 5. The van der Waals surface area contributed by atoms with E-state index in [2.05, 4.69) is 31.2 Å². The SMILES string of the molecule is CCn1c(CSc2nnc(N3CCCCC3)n2C2CC2)nc2cc(S(=O)(=O)N(C)C)ccc21. The third kappa shape index (κ3) is 4.26. The third-order valence-electron chi connectivity index (χ3n) is 6.42. The van der Waals surface area contributed by atoms with Gasteiger partial charge >= 0.3 is 0 Å². The molecular weight excluding hydrogens is 458 g/mol. The Balaban J connectivity index is 1.42. The highest BCUT2D eigenvalue weighted by molar-refractivity contribution is 7.98. The molecule has 178 valence electrons. The van der Waals surface area contributed by atoms with E-state index in [1.807, 2.05) is 6.07 Å². The van der Waals surface area contributed by atoms with Crippen LogP contribution in [-0.4, -0.2) is 64.2 Å². The van der Waals surface area contributed by atoms with Gasteiger partial charge in [0.25, 0.3) is 0 Å². The normalized spacial score (nSPS) is 17.4. The van der Waals surface area contributed by atoms with Gasteiger partial charge < -0.3 is 9.47 Å². The molecule has 1 saturated carbocycles. The van der Waals surface area contributed by atoms with E-state index >= 15 is 0 Å². The molecule has 0 atom stereocenters. The van der Waals surface area contributed by atoms with Gasteiger partial charge in [-0.2, -0.15) is 0 Å². The van der Waals surface area contributed by atoms with Crippen LogP contribution in [0, 0.1) is 0 Å². The standard InChI is InChI=1S/C22H31N7O2S2/c1-4-28-19-11-10-17(33(30,31)26(2)3)14-18(19)23-20(28)15-32-22-25-24-21(29(22)16-8-9-16)27-12-6-5-7-13-27/h10-11,14,16H,4-9,12-13,15H2,1-3H3. The summed E-state index contributed by atoms with van der Waals surface area (Å²) in [6, 6.07) is 5.70. The molecule has 1 aliphatic carbocycles. The van der Waals surface area contributed by atoms with Gasteiger partial charge in [-0.1, -0.05) is 11.8 Å². The number of aryl methyl sites for hydroxylation is 1. The minimum Gasteiger partial charge on any atom is -0.341 e. The average molecular weight is 490 g/mol. The zero-order chi connectivity index (χ0) is 23.2. The molecule has 1 aliphatic heterocycles. The first-order valence-corrected chi connectivity index (χ1v) is 14.1. The molecule has 2 aromatic heterocycles. The van der Waals surface area contributed by atoms with Crippen LogP contribution < -0.4 is 4.90 Å².